The van der Waals surface area contributed by atoms with Crippen molar-refractivity contribution in [2.75, 3.05) is 0 Å². The monoisotopic (exact) mass is 1210 g/mol. The molecule has 7 aliphatic heterocycles. The molecule has 10 heterocycles. The SMILES string of the molecule is C1CCC2C3NC(NC4NC(NC5NC(NC6NC(N3)C3CCCCC63)C3CCCCC53)C3CCCCC43)C2C1.C=CC1=C(C)c2cc3nc(c(CC(=O)O)c4[nH]c(cc5[nH]c(cc1n2)c(C)c5CC)c(C)c4C(=O)O)[C@@H](CCC(=O)O)[C@@H]3C.[Cu]. The van der Waals surface area contributed by atoms with Crippen LogP contribution >= 0.6 is 0 Å². The van der Waals surface area contributed by atoms with E-state index in [-0.39, 0.29) is 52.5 Å². The fourth-order valence-corrected chi connectivity index (χ4v) is 18.5. The molecule has 4 saturated carbocycles. The van der Waals surface area contributed by atoms with Gasteiger partial charge in [0.2, 0.25) is 0 Å². The maximum atomic E-state index is 12.7. The summed E-state index contributed by atoms with van der Waals surface area (Å²) >= 11 is 0. The van der Waals surface area contributed by atoms with Gasteiger partial charge in [-0.1, -0.05) is 77.9 Å². The second-order valence-electron chi connectivity index (χ2n) is 27.1. The van der Waals surface area contributed by atoms with Gasteiger partial charge in [0.05, 0.1) is 83.9 Å². The fourth-order valence-electron chi connectivity index (χ4n) is 18.5. The Kier molecular flexibility index (Phi) is 17.8. The number of carboxylic acid groups (broad SMARTS) is 3. The fraction of sp³-hybridized carbons (Fsp3) is 0.652. The Hall–Kier alpha value is -4.79. The van der Waals surface area contributed by atoms with Gasteiger partial charge >= 0.3 is 17.9 Å². The van der Waals surface area contributed by atoms with Gasteiger partial charge in [0, 0.05) is 68.7 Å². The third-order valence-electron chi connectivity index (χ3n) is 22.7. The van der Waals surface area contributed by atoms with E-state index in [1.165, 1.54) is 103 Å². The number of rotatable bonds is 8. The van der Waals surface area contributed by atoms with Crippen LogP contribution in [0.4, 0.5) is 0 Å². The van der Waals surface area contributed by atoms with Crippen molar-refractivity contribution >= 4 is 51.1 Å². The number of aromatic carboxylic acids is 1. The Labute approximate surface area is 510 Å². The second kappa shape index (κ2) is 25.0. The molecular weight excluding hydrogens is 1120 g/mol. The van der Waals surface area contributed by atoms with Crippen LogP contribution in [0.1, 0.15) is 204 Å². The van der Waals surface area contributed by atoms with Gasteiger partial charge in [-0.15, -0.1) is 0 Å². The summed E-state index contributed by atoms with van der Waals surface area (Å²) in [5, 5.41) is 63.7. The predicted molar refractivity (Wildman–Crippen MR) is 326 cm³/mol. The summed E-state index contributed by atoms with van der Waals surface area (Å²) in [6.45, 7) is 13.7. The molecule has 14 rings (SSSR count). The molecule has 1 radical (unpaired) electrons. The number of aryl methyl sites for hydroxylation is 3. The first-order chi connectivity index (χ1) is 40.7. The van der Waals surface area contributed by atoms with Crippen molar-refractivity contribution in [1.29, 1.82) is 0 Å². The zero-order valence-corrected chi connectivity index (χ0v) is 51.3. The number of hydrogen-bond donors (Lipinski definition) is 13. The second-order valence-corrected chi connectivity index (χ2v) is 27.1. The van der Waals surface area contributed by atoms with Gasteiger partial charge in [-0.3, -0.25) is 57.1 Å². The number of nitrogens with zero attached hydrogens (tertiary/aromatic N) is 2. The Balaban J connectivity index is 0.000000165. The molecule has 9 fully saturated rings. The smallest absolute Gasteiger partial charge is 0.338 e. The average molecular weight is 1210 g/mol. The number of hydrogen-bond acceptors (Lipinski definition) is 13. The number of carboxylic acids is 3. The molecular formula is C66H92CuN12O6. The van der Waals surface area contributed by atoms with Crippen LogP contribution in [0, 0.1) is 61.2 Å². The van der Waals surface area contributed by atoms with Crippen molar-refractivity contribution in [2.45, 2.75) is 224 Å². The number of fused-ring (bicyclic) bond motifs is 28. The first-order valence-electron chi connectivity index (χ1n) is 32.5. The van der Waals surface area contributed by atoms with Crippen LogP contribution in [0.25, 0.3) is 33.2 Å². The first kappa shape index (κ1) is 60.5. The van der Waals surface area contributed by atoms with Gasteiger partial charge in [0.25, 0.3) is 0 Å². The summed E-state index contributed by atoms with van der Waals surface area (Å²) in [4.78, 5) is 53.2. The zero-order chi connectivity index (χ0) is 58.2. The van der Waals surface area contributed by atoms with Gasteiger partial charge in [0.1, 0.15) is 0 Å². The van der Waals surface area contributed by atoms with Gasteiger partial charge in [-0.2, -0.15) is 0 Å². The molecule has 19 heteroatoms. The average Bonchev–Trinajstić information content (AvgIpc) is 2.22. The van der Waals surface area contributed by atoms with Crippen LogP contribution in [-0.4, -0.2) is 102 Å². The standard InChI is InChI=1S/C34H36N4O6.C32H56N8.Cu/c1-7-19-15(3)23-12-25-17(5)21(9-10-29(39)40)32(37-25)22(11-30(41)42)33-31(34(43)44)18(6)26(38-33)14-28-20(8-2)16(4)24(36-28)13-27(19)35-23;1-2-10-18-17(9-1)25-33-26(18)38-28-21-13-5-6-14-22(21)30(35-28)40-32-24-16-8-7-15-23(24)31(36-32)39-29-20-12-4-3-11-19(20)27(34-29)37-25;/h7,12-14,17,21,36,38H,1,8-11H2,2-6H3,(H,39,40)(H,41,42)(H,43,44);17-40H,1-16H2;/t17-,21-;;/m0../s1. The number of aromatic nitrogens is 4. The Morgan fingerprint density at radius 2 is 0.976 bits per heavy atom. The van der Waals surface area contributed by atoms with Crippen LogP contribution in [0.2, 0.25) is 0 Å². The van der Waals surface area contributed by atoms with Gasteiger partial charge in [-0.25, -0.2) is 9.78 Å². The summed E-state index contributed by atoms with van der Waals surface area (Å²) in [6.07, 6.45) is 27.6. The molecule has 8 unspecified atom stereocenters. The summed E-state index contributed by atoms with van der Waals surface area (Å²) in [5.74, 6) is 1.89. The molecule has 18 nitrogen and oxygen atoms in total. The van der Waals surface area contributed by atoms with E-state index in [2.05, 4.69) is 59.1 Å². The van der Waals surface area contributed by atoms with Gasteiger partial charge in [0.15, 0.2) is 0 Å². The van der Waals surface area contributed by atoms with Crippen molar-refractivity contribution in [3.8, 4) is 0 Å². The molecule has 0 spiro atoms. The van der Waals surface area contributed by atoms with Crippen molar-refractivity contribution in [3.05, 3.63) is 81.4 Å². The van der Waals surface area contributed by atoms with Crippen molar-refractivity contribution in [1.82, 2.24) is 62.5 Å². The number of allylic oxidation sites excluding steroid dienone is 3. The number of aliphatic carboxylic acids is 2. The first-order valence-corrected chi connectivity index (χ1v) is 32.5. The Bertz CT molecular complexity index is 3060. The molecule has 0 amide bonds. The topological polar surface area (TPSA) is 265 Å². The van der Waals surface area contributed by atoms with E-state index >= 15 is 0 Å². The van der Waals surface area contributed by atoms with Crippen molar-refractivity contribution < 1.29 is 46.8 Å². The maximum absolute atomic E-state index is 12.7. The minimum Gasteiger partial charge on any atom is -0.481 e. The molecule has 85 heavy (non-hydrogen) atoms. The van der Waals surface area contributed by atoms with Gasteiger partial charge < -0.3 is 25.3 Å². The third kappa shape index (κ3) is 11.3. The minimum absolute atomic E-state index is 0. The van der Waals surface area contributed by atoms with Crippen molar-refractivity contribution in [2.24, 2.45) is 47.3 Å². The quantitative estimate of drug-likeness (QED) is 0.0937. The van der Waals surface area contributed by atoms with Crippen LogP contribution in [0.5, 0.6) is 0 Å². The summed E-state index contributed by atoms with van der Waals surface area (Å²) in [5.41, 5.74) is 9.27. The van der Waals surface area contributed by atoms with E-state index in [1.807, 2.05) is 45.9 Å². The minimum atomic E-state index is -1.20. The molecule has 13 N–H and O–H groups in total. The number of H-pyrrole nitrogens is 2. The van der Waals surface area contributed by atoms with E-state index in [0.29, 0.717) is 77.5 Å². The zero-order valence-electron chi connectivity index (χ0n) is 50.3. The molecule has 16 bridgehead atoms. The summed E-state index contributed by atoms with van der Waals surface area (Å²) < 4.78 is 0. The maximum Gasteiger partial charge on any atom is 0.338 e. The van der Waals surface area contributed by atoms with Crippen molar-refractivity contribution in [3.63, 3.8) is 0 Å². The van der Waals surface area contributed by atoms with Crippen LogP contribution < -0.4 is 42.5 Å². The van der Waals surface area contributed by atoms with Crippen LogP contribution in [-0.2, 0) is 39.5 Å². The Morgan fingerprint density at radius 1 is 0.553 bits per heavy atom. The molecule has 11 aliphatic rings. The van der Waals surface area contributed by atoms with E-state index < -0.39 is 30.2 Å². The molecule has 0 aromatic carbocycles. The van der Waals surface area contributed by atoms with E-state index in [4.69, 9.17) is 9.97 Å². The Morgan fingerprint density at radius 3 is 1.35 bits per heavy atom. The molecule has 463 valence electrons. The molecule has 3 aromatic rings. The third-order valence-corrected chi connectivity index (χ3v) is 22.7. The summed E-state index contributed by atoms with van der Waals surface area (Å²) in [7, 11) is 0. The van der Waals surface area contributed by atoms with Crippen LogP contribution in [0.3, 0.4) is 0 Å². The molecule has 4 aliphatic carbocycles. The van der Waals surface area contributed by atoms with E-state index in [9.17, 15) is 29.7 Å². The number of carbonyl (C=O) groups is 3. The van der Waals surface area contributed by atoms with E-state index in [1.54, 1.807) is 13.0 Å². The van der Waals surface area contributed by atoms with Crippen LogP contribution in [0.15, 0.2) is 30.9 Å². The molecule has 10 atom stereocenters. The summed E-state index contributed by atoms with van der Waals surface area (Å²) in [6, 6.07) is 5.70. The largest absolute Gasteiger partial charge is 0.481 e. The van der Waals surface area contributed by atoms with E-state index in [0.717, 1.165) is 92.8 Å². The predicted octanol–water partition coefficient (Wildman–Crippen LogP) is 9.29. The number of nitrogens with one attached hydrogen (secondary N) is 10. The normalized spacial score (nSPS) is 35.5. The number of aromatic amines is 2. The van der Waals surface area contributed by atoms with Gasteiger partial charge in [-0.05, 0) is 173 Å². The molecule has 3 aromatic heterocycles. The molecule has 5 saturated heterocycles.